The van der Waals surface area contributed by atoms with Gasteiger partial charge >= 0.3 is 0 Å². The normalized spacial score (nSPS) is 10.6. The van der Waals surface area contributed by atoms with Crippen LogP contribution in [-0.2, 0) is 11.8 Å². The van der Waals surface area contributed by atoms with E-state index in [1.54, 1.807) is 0 Å². The molecule has 0 fully saturated rings. The van der Waals surface area contributed by atoms with Crippen LogP contribution in [0.25, 0.3) is 0 Å². The van der Waals surface area contributed by atoms with Gasteiger partial charge in [-0.05, 0) is 42.8 Å². The second-order valence-corrected chi connectivity index (χ2v) is 6.81. The summed E-state index contributed by atoms with van der Waals surface area (Å²) in [5, 5.41) is 0. The van der Waals surface area contributed by atoms with Crippen molar-refractivity contribution in [2.24, 2.45) is 0 Å². The van der Waals surface area contributed by atoms with Crippen molar-refractivity contribution in [1.82, 2.24) is 0 Å². The van der Waals surface area contributed by atoms with E-state index in [0.717, 1.165) is 18.8 Å². The standard InChI is InChI=1S/C20H26OS/c1-2-3-4-5-6-10-17-21-18-13-15-20(16-14-18)22-19-11-8-7-9-12-19/h7-9,11-16H,2-6,10,17H2,1H3/p+1. The Morgan fingerprint density at radius 1 is 0.727 bits per heavy atom. The van der Waals surface area contributed by atoms with E-state index in [4.69, 9.17) is 4.74 Å². The van der Waals surface area contributed by atoms with Gasteiger partial charge in [-0.1, -0.05) is 57.2 Å². The van der Waals surface area contributed by atoms with Crippen LogP contribution in [0, 0.1) is 0 Å². The van der Waals surface area contributed by atoms with Gasteiger partial charge < -0.3 is 4.74 Å². The first kappa shape index (κ1) is 17.0. The number of hydrogen-bond acceptors (Lipinski definition) is 1. The molecule has 0 atom stereocenters. The highest BCUT2D eigenvalue weighted by molar-refractivity contribution is 7.78. The molecule has 0 aliphatic rings. The predicted octanol–water partition coefficient (Wildman–Crippen LogP) is 5.66. The van der Waals surface area contributed by atoms with Crippen LogP contribution in [0.5, 0.6) is 5.75 Å². The molecule has 2 heteroatoms. The highest BCUT2D eigenvalue weighted by Crippen LogP contribution is 2.17. The molecule has 0 N–H and O–H groups in total. The number of thiol groups is 1. The average molecular weight is 316 g/mol. The van der Waals surface area contributed by atoms with E-state index >= 15 is 0 Å². The van der Waals surface area contributed by atoms with Crippen molar-refractivity contribution in [3.8, 4) is 5.75 Å². The average Bonchev–Trinajstić information content (AvgIpc) is 2.56. The van der Waals surface area contributed by atoms with E-state index < -0.39 is 0 Å². The molecule has 1 nitrogen and oxygen atoms in total. The zero-order valence-electron chi connectivity index (χ0n) is 13.5. The molecule has 0 amide bonds. The Morgan fingerprint density at radius 2 is 1.36 bits per heavy atom. The fourth-order valence-electron chi connectivity index (χ4n) is 2.34. The lowest BCUT2D eigenvalue weighted by Gasteiger charge is -2.05. The van der Waals surface area contributed by atoms with Crippen molar-refractivity contribution in [3.63, 3.8) is 0 Å². The zero-order valence-corrected chi connectivity index (χ0v) is 14.4. The van der Waals surface area contributed by atoms with Gasteiger partial charge in [0.15, 0.2) is 9.79 Å². The second-order valence-electron chi connectivity index (χ2n) is 5.56. The first-order valence-electron chi connectivity index (χ1n) is 8.38. The maximum absolute atomic E-state index is 5.81. The van der Waals surface area contributed by atoms with Gasteiger partial charge in [0, 0.05) is 11.8 Å². The second kappa shape index (κ2) is 10.3. The van der Waals surface area contributed by atoms with Crippen molar-refractivity contribution >= 4 is 11.8 Å². The minimum Gasteiger partial charge on any atom is -0.494 e. The van der Waals surface area contributed by atoms with Gasteiger partial charge in [-0.15, -0.1) is 0 Å². The van der Waals surface area contributed by atoms with Crippen LogP contribution in [0.1, 0.15) is 45.4 Å². The minimum absolute atomic E-state index is 0.835. The molecule has 0 radical (unpaired) electrons. The molecule has 0 saturated carbocycles. The van der Waals surface area contributed by atoms with Crippen molar-refractivity contribution in [2.45, 2.75) is 55.2 Å². The molecule has 2 rings (SSSR count). The van der Waals surface area contributed by atoms with Crippen LogP contribution in [0.4, 0.5) is 0 Å². The highest BCUT2D eigenvalue weighted by Gasteiger charge is 2.06. The van der Waals surface area contributed by atoms with Crippen LogP contribution in [0.3, 0.4) is 0 Å². The molecule has 0 bridgehead atoms. The third kappa shape index (κ3) is 6.57. The number of hydrogen-bond donors (Lipinski definition) is 0. The Hall–Kier alpha value is -1.41. The first-order valence-corrected chi connectivity index (χ1v) is 9.27. The van der Waals surface area contributed by atoms with Crippen LogP contribution in [-0.4, -0.2) is 6.61 Å². The molecule has 0 aliphatic heterocycles. The number of unbranched alkanes of at least 4 members (excludes halogenated alkanes) is 5. The Labute approximate surface area is 139 Å². The lowest BCUT2D eigenvalue weighted by atomic mass is 10.1. The summed E-state index contributed by atoms with van der Waals surface area (Å²) in [6, 6.07) is 19.0. The monoisotopic (exact) mass is 315 g/mol. The van der Waals surface area contributed by atoms with Crippen LogP contribution < -0.4 is 4.74 Å². The van der Waals surface area contributed by atoms with E-state index in [1.165, 1.54) is 53.7 Å². The number of ether oxygens (including phenoxy) is 1. The Balaban J connectivity index is 1.66. The Bertz CT molecular complexity index is 507. The van der Waals surface area contributed by atoms with Gasteiger partial charge in [0.2, 0.25) is 0 Å². The van der Waals surface area contributed by atoms with Crippen molar-refractivity contribution in [1.29, 1.82) is 0 Å². The Kier molecular flexibility index (Phi) is 7.97. The summed E-state index contributed by atoms with van der Waals surface area (Å²) < 4.78 is 5.81. The summed E-state index contributed by atoms with van der Waals surface area (Å²) in [6.45, 7) is 3.09. The molecule has 0 spiro atoms. The molecule has 0 unspecified atom stereocenters. The summed E-state index contributed by atoms with van der Waals surface area (Å²) in [5.41, 5.74) is 0. The van der Waals surface area contributed by atoms with E-state index in [1.807, 2.05) is 0 Å². The fraction of sp³-hybridized carbons (Fsp3) is 0.400. The lowest BCUT2D eigenvalue weighted by molar-refractivity contribution is 0.304. The smallest absolute Gasteiger partial charge is 0.158 e. The fourth-order valence-corrected chi connectivity index (χ4v) is 3.26. The van der Waals surface area contributed by atoms with Crippen molar-refractivity contribution in [3.05, 3.63) is 54.6 Å². The third-order valence-corrected chi connectivity index (χ3v) is 4.73. The molecule has 0 saturated heterocycles. The molecule has 0 aromatic heterocycles. The van der Waals surface area contributed by atoms with E-state index in [9.17, 15) is 0 Å². The largest absolute Gasteiger partial charge is 0.494 e. The quantitative estimate of drug-likeness (QED) is 0.312. The number of benzene rings is 2. The molecule has 2 aromatic carbocycles. The van der Waals surface area contributed by atoms with Crippen molar-refractivity contribution < 1.29 is 4.74 Å². The lowest BCUT2D eigenvalue weighted by Crippen LogP contribution is -1.97. The van der Waals surface area contributed by atoms with Gasteiger partial charge in [0.1, 0.15) is 5.75 Å². The highest BCUT2D eigenvalue weighted by atomic mass is 32.2. The molecule has 0 aliphatic carbocycles. The van der Waals surface area contributed by atoms with Crippen LogP contribution in [0.2, 0.25) is 0 Å². The van der Waals surface area contributed by atoms with E-state index in [2.05, 4.69) is 61.5 Å². The van der Waals surface area contributed by atoms with Gasteiger partial charge in [0.05, 0.1) is 6.61 Å². The summed E-state index contributed by atoms with van der Waals surface area (Å²) in [7, 11) is 0. The minimum atomic E-state index is 0.835. The van der Waals surface area contributed by atoms with Gasteiger partial charge in [-0.2, -0.15) is 0 Å². The van der Waals surface area contributed by atoms with Gasteiger partial charge in [0.25, 0.3) is 0 Å². The first-order chi connectivity index (χ1) is 10.9. The molecule has 118 valence electrons. The third-order valence-electron chi connectivity index (χ3n) is 3.62. The van der Waals surface area contributed by atoms with Crippen molar-refractivity contribution in [2.75, 3.05) is 6.61 Å². The number of rotatable bonds is 10. The summed E-state index contributed by atoms with van der Waals surface area (Å²) >= 11 is 1.25. The zero-order chi connectivity index (χ0) is 15.5. The predicted molar refractivity (Wildman–Crippen MR) is 97.0 cm³/mol. The van der Waals surface area contributed by atoms with Crippen LogP contribution in [0.15, 0.2) is 64.4 Å². The van der Waals surface area contributed by atoms with Crippen LogP contribution >= 0.6 is 0 Å². The maximum atomic E-state index is 5.81. The SMILES string of the molecule is CCCCCCCCOc1ccc([SH+]c2ccccc2)cc1. The van der Waals surface area contributed by atoms with E-state index in [-0.39, 0.29) is 0 Å². The maximum Gasteiger partial charge on any atom is 0.158 e. The molecular formula is C20H27OS+. The van der Waals surface area contributed by atoms with Gasteiger partial charge in [-0.3, -0.25) is 0 Å². The topological polar surface area (TPSA) is 9.23 Å². The molecular weight excluding hydrogens is 288 g/mol. The summed E-state index contributed by atoms with van der Waals surface area (Å²) in [4.78, 5) is 2.63. The summed E-state index contributed by atoms with van der Waals surface area (Å²) in [5.74, 6) is 0.987. The summed E-state index contributed by atoms with van der Waals surface area (Å²) in [6.07, 6.45) is 7.82. The molecule has 2 aromatic rings. The Morgan fingerprint density at radius 3 is 2.09 bits per heavy atom. The van der Waals surface area contributed by atoms with Gasteiger partial charge in [-0.25, -0.2) is 0 Å². The molecule has 0 heterocycles. The molecule has 22 heavy (non-hydrogen) atoms. The van der Waals surface area contributed by atoms with E-state index in [0.29, 0.717) is 0 Å².